The van der Waals surface area contributed by atoms with E-state index in [1.165, 1.54) is 11.3 Å². The number of amides is 1. The Morgan fingerprint density at radius 3 is 2.57 bits per heavy atom. The predicted molar refractivity (Wildman–Crippen MR) is 115 cm³/mol. The Morgan fingerprint density at radius 1 is 1.11 bits per heavy atom. The summed E-state index contributed by atoms with van der Waals surface area (Å²) in [5.41, 5.74) is 3.24. The van der Waals surface area contributed by atoms with Crippen LogP contribution in [-0.2, 0) is 0 Å². The fourth-order valence-electron chi connectivity index (χ4n) is 3.45. The van der Waals surface area contributed by atoms with Gasteiger partial charge in [0.1, 0.15) is 5.82 Å². The number of nitrogens with zero attached hydrogens (tertiary/aromatic N) is 4. The number of nitrogens with one attached hydrogen (secondary N) is 1. The van der Waals surface area contributed by atoms with Gasteiger partial charge in [0.25, 0.3) is 5.91 Å². The predicted octanol–water partition coefficient (Wildman–Crippen LogP) is 2.40. The minimum atomic E-state index is -0.0270. The number of carbonyl (C=O) groups is 1. The monoisotopic (exact) mass is 381 g/mol. The maximum absolute atomic E-state index is 12.4. The molecule has 6 nitrogen and oxygen atoms in total. The van der Waals surface area contributed by atoms with Crippen LogP contribution < -0.4 is 15.1 Å². The summed E-state index contributed by atoms with van der Waals surface area (Å²) < 4.78 is 0. The normalized spacial score (nSPS) is 14.4. The quantitative estimate of drug-likeness (QED) is 0.747. The van der Waals surface area contributed by atoms with Gasteiger partial charge in [-0.05, 0) is 63.8 Å². The van der Waals surface area contributed by atoms with Crippen molar-refractivity contribution in [3.8, 4) is 0 Å². The van der Waals surface area contributed by atoms with Crippen molar-refractivity contribution in [2.24, 2.45) is 0 Å². The van der Waals surface area contributed by atoms with Crippen molar-refractivity contribution in [2.45, 2.75) is 13.3 Å². The molecule has 0 unspecified atom stereocenters. The number of hydrogen-bond donors (Lipinski definition) is 1. The van der Waals surface area contributed by atoms with Crippen LogP contribution in [0.3, 0.4) is 0 Å². The van der Waals surface area contributed by atoms with Crippen molar-refractivity contribution in [1.29, 1.82) is 0 Å². The number of carbonyl (C=O) groups excluding carboxylic acids is 1. The van der Waals surface area contributed by atoms with E-state index >= 15 is 0 Å². The summed E-state index contributed by atoms with van der Waals surface area (Å²) in [6.07, 6.45) is 2.68. The molecular formula is C22H31N5O. The highest BCUT2D eigenvalue weighted by molar-refractivity contribution is 5.94. The minimum Gasteiger partial charge on any atom is -0.368 e. The van der Waals surface area contributed by atoms with Crippen molar-refractivity contribution in [2.75, 3.05) is 63.2 Å². The fourth-order valence-corrected chi connectivity index (χ4v) is 3.45. The molecule has 2 heterocycles. The highest BCUT2D eigenvalue weighted by Gasteiger charge is 2.19. The SMILES string of the molecule is Cc1cccc(N2CCN(c3cc(C(=O)NCCCN(C)C)ccn3)CC2)c1. The van der Waals surface area contributed by atoms with Gasteiger partial charge in [-0.15, -0.1) is 0 Å². The van der Waals surface area contributed by atoms with Gasteiger partial charge in [-0.25, -0.2) is 4.98 Å². The molecule has 0 aliphatic carbocycles. The Balaban J connectivity index is 1.55. The summed E-state index contributed by atoms with van der Waals surface area (Å²) in [7, 11) is 4.07. The number of anilines is 2. The molecule has 1 aromatic heterocycles. The largest absolute Gasteiger partial charge is 0.368 e. The third-order valence-electron chi connectivity index (χ3n) is 5.05. The van der Waals surface area contributed by atoms with Crippen LogP contribution in [0, 0.1) is 6.92 Å². The van der Waals surface area contributed by atoms with Gasteiger partial charge in [0, 0.05) is 50.2 Å². The molecule has 2 aromatic rings. The molecule has 1 saturated heterocycles. The van der Waals surface area contributed by atoms with E-state index in [-0.39, 0.29) is 5.91 Å². The molecule has 0 bridgehead atoms. The highest BCUT2D eigenvalue weighted by Crippen LogP contribution is 2.20. The van der Waals surface area contributed by atoms with Crippen molar-refractivity contribution < 1.29 is 4.79 Å². The fraction of sp³-hybridized carbons (Fsp3) is 0.455. The van der Waals surface area contributed by atoms with Gasteiger partial charge in [-0.3, -0.25) is 4.79 Å². The van der Waals surface area contributed by atoms with E-state index in [0.29, 0.717) is 12.1 Å². The molecule has 3 rings (SSSR count). The first-order valence-electron chi connectivity index (χ1n) is 9.98. The topological polar surface area (TPSA) is 51.7 Å². The molecule has 150 valence electrons. The average molecular weight is 382 g/mol. The van der Waals surface area contributed by atoms with E-state index in [4.69, 9.17) is 0 Å². The molecule has 1 aliphatic heterocycles. The van der Waals surface area contributed by atoms with Crippen LogP contribution in [0.4, 0.5) is 11.5 Å². The average Bonchev–Trinajstić information content (AvgIpc) is 2.71. The van der Waals surface area contributed by atoms with Crippen molar-refractivity contribution in [1.82, 2.24) is 15.2 Å². The first kappa shape index (κ1) is 20.1. The highest BCUT2D eigenvalue weighted by atomic mass is 16.1. The van der Waals surface area contributed by atoms with Crippen molar-refractivity contribution in [3.63, 3.8) is 0 Å². The molecule has 6 heteroatoms. The van der Waals surface area contributed by atoms with Crippen LogP contribution >= 0.6 is 0 Å². The Hall–Kier alpha value is -2.60. The van der Waals surface area contributed by atoms with Gasteiger partial charge < -0.3 is 20.0 Å². The zero-order valence-corrected chi connectivity index (χ0v) is 17.2. The molecular weight excluding hydrogens is 350 g/mol. The maximum Gasteiger partial charge on any atom is 0.251 e. The summed E-state index contributed by atoms with van der Waals surface area (Å²) in [6, 6.07) is 12.3. The zero-order valence-electron chi connectivity index (χ0n) is 17.2. The van der Waals surface area contributed by atoms with Gasteiger partial charge >= 0.3 is 0 Å². The van der Waals surface area contributed by atoms with Crippen LogP contribution in [0.25, 0.3) is 0 Å². The first-order valence-corrected chi connectivity index (χ1v) is 9.98. The zero-order chi connectivity index (χ0) is 19.9. The van der Waals surface area contributed by atoms with Gasteiger partial charge in [-0.2, -0.15) is 0 Å². The number of benzene rings is 1. The third kappa shape index (κ3) is 5.45. The Kier molecular flexibility index (Phi) is 6.87. The molecule has 1 fully saturated rings. The lowest BCUT2D eigenvalue weighted by Gasteiger charge is -2.37. The summed E-state index contributed by atoms with van der Waals surface area (Å²) >= 11 is 0. The summed E-state index contributed by atoms with van der Waals surface area (Å²) in [6.45, 7) is 7.47. The van der Waals surface area contributed by atoms with Crippen molar-refractivity contribution in [3.05, 3.63) is 53.7 Å². The van der Waals surface area contributed by atoms with Gasteiger partial charge in [0.05, 0.1) is 0 Å². The number of piperazine rings is 1. The van der Waals surface area contributed by atoms with E-state index in [9.17, 15) is 4.79 Å². The van der Waals surface area contributed by atoms with E-state index in [2.05, 4.69) is 56.2 Å². The van der Waals surface area contributed by atoms with E-state index in [1.807, 2.05) is 20.2 Å². The van der Waals surface area contributed by atoms with E-state index in [0.717, 1.165) is 45.0 Å². The molecule has 28 heavy (non-hydrogen) atoms. The van der Waals surface area contributed by atoms with Crippen LogP contribution in [0.5, 0.6) is 0 Å². The van der Waals surface area contributed by atoms with Crippen LogP contribution in [0.2, 0.25) is 0 Å². The molecule has 0 atom stereocenters. The van der Waals surface area contributed by atoms with Gasteiger partial charge in [0.2, 0.25) is 0 Å². The number of hydrogen-bond acceptors (Lipinski definition) is 5. The second-order valence-electron chi connectivity index (χ2n) is 7.63. The molecule has 0 saturated carbocycles. The summed E-state index contributed by atoms with van der Waals surface area (Å²) in [5.74, 6) is 0.852. The summed E-state index contributed by atoms with van der Waals surface area (Å²) in [4.78, 5) is 23.7. The number of aromatic nitrogens is 1. The molecule has 1 aliphatic rings. The smallest absolute Gasteiger partial charge is 0.251 e. The molecule has 0 radical (unpaired) electrons. The Morgan fingerprint density at radius 2 is 1.86 bits per heavy atom. The second-order valence-corrected chi connectivity index (χ2v) is 7.63. The lowest BCUT2D eigenvalue weighted by molar-refractivity contribution is 0.0952. The van der Waals surface area contributed by atoms with Gasteiger partial charge in [-0.1, -0.05) is 12.1 Å². The third-order valence-corrected chi connectivity index (χ3v) is 5.05. The summed E-state index contributed by atoms with van der Waals surface area (Å²) in [5, 5.41) is 3.00. The minimum absolute atomic E-state index is 0.0270. The van der Waals surface area contributed by atoms with Gasteiger partial charge in [0.15, 0.2) is 0 Å². The number of rotatable bonds is 7. The van der Waals surface area contributed by atoms with Crippen LogP contribution in [-0.4, -0.2) is 69.2 Å². The molecule has 1 N–H and O–H groups in total. The van der Waals surface area contributed by atoms with E-state index in [1.54, 1.807) is 12.3 Å². The van der Waals surface area contributed by atoms with Crippen LogP contribution in [0.15, 0.2) is 42.6 Å². The lowest BCUT2D eigenvalue weighted by Crippen LogP contribution is -2.46. The molecule has 1 amide bonds. The Labute approximate surface area is 168 Å². The lowest BCUT2D eigenvalue weighted by atomic mass is 10.2. The number of pyridine rings is 1. The first-order chi connectivity index (χ1) is 13.5. The molecule has 0 spiro atoms. The Bertz CT molecular complexity index is 784. The second kappa shape index (κ2) is 9.55. The van der Waals surface area contributed by atoms with Crippen molar-refractivity contribution >= 4 is 17.4 Å². The van der Waals surface area contributed by atoms with E-state index < -0.39 is 0 Å². The maximum atomic E-state index is 12.4. The standard InChI is InChI=1S/C22H31N5O/c1-18-6-4-7-20(16-18)26-12-14-27(15-13-26)21-17-19(8-10-23-21)22(28)24-9-5-11-25(2)3/h4,6-8,10,16-17H,5,9,11-15H2,1-3H3,(H,24,28). The number of aryl methyl sites for hydroxylation is 1. The van der Waals surface area contributed by atoms with Crippen LogP contribution in [0.1, 0.15) is 22.3 Å². The molecule has 1 aromatic carbocycles.